The Morgan fingerprint density at radius 2 is 2.00 bits per heavy atom. The number of hydrogen-bond donors (Lipinski definition) is 0. The number of carbonyl (C=O) groups is 2. The number of benzene rings is 2. The zero-order chi connectivity index (χ0) is 24.9. The van der Waals surface area contributed by atoms with Crippen molar-refractivity contribution in [2.75, 3.05) is 27.4 Å². The van der Waals surface area contributed by atoms with Gasteiger partial charge >= 0.3 is 5.97 Å². The first kappa shape index (κ1) is 25.2. The zero-order valence-electron chi connectivity index (χ0n) is 18.8. The van der Waals surface area contributed by atoms with Gasteiger partial charge in [0.25, 0.3) is 5.91 Å². The van der Waals surface area contributed by atoms with E-state index in [1.54, 1.807) is 48.4 Å². The summed E-state index contributed by atoms with van der Waals surface area (Å²) in [5.74, 6) is 0.286. The summed E-state index contributed by atoms with van der Waals surface area (Å²) >= 11 is 10.9. The van der Waals surface area contributed by atoms with Crippen molar-refractivity contribution < 1.29 is 23.5 Å². The fourth-order valence-corrected chi connectivity index (χ4v) is 4.84. The van der Waals surface area contributed by atoms with Gasteiger partial charge in [-0.2, -0.15) is 0 Å². The highest BCUT2D eigenvalue weighted by molar-refractivity contribution is 9.10. The lowest BCUT2D eigenvalue weighted by atomic mass is 10.1. The summed E-state index contributed by atoms with van der Waals surface area (Å²) < 4.78 is 16.7. The minimum Gasteiger partial charge on any atom is -0.465 e. The first-order valence-electron chi connectivity index (χ1n) is 10.4. The van der Waals surface area contributed by atoms with Crippen LogP contribution >= 0.6 is 39.3 Å². The number of hydrogen-bond acceptors (Lipinski definition) is 7. The van der Waals surface area contributed by atoms with E-state index in [2.05, 4.69) is 20.9 Å². The maximum Gasteiger partial charge on any atom is 0.339 e. The number of rotatable bonds is 7. The molecule has 1 aromatic heterocycles. The molecule has 0 saturated carbocycles. The van der Waals surface area contributed by atoms with E-state index in [9.17, 15) is 9.59 Å². The van der Waals surface area contributed by atoms with Crippen molar-refractivity contribution in [3.8, 4) is 11.3 Å². The second kappa shape index (κ2) is 11.3. The molecular formula is C25H20BrClN2O5S. The molecule has 0 unspecified atom stereocenters. The average Bonchev–Trinajstić information content (AvgIpc) is 3.44. The molecule has 0 radical (unpaired) electrons. The number of amidine groups is 1. The van der Waals surface area contributed by atoms with E-state index in [0.717, 1.165) is 10.2 Å². The van der Waals surface area contributed by atoms with Gasteiger partial charge in [0.15, 0.2) is 5.17 Å². The van der Waals surface area contributed by atoms with Crippen molar-refractivity contribution in [2.45, 2.75) is 0 Å². The fraction of sp³-hybridized carbons (Fsp3) is 0.160. The van der Waals surface area contributed by atoms with Crippen LogP contribution in [0.2, 0.25) is 5.02 Å². The van der Waals surface area contributed by atoms with Crippen LogP contribution in [0.4, 0.5) is 5.69 Å². The summed E-state index contributed by atoms with van der Waals surface area (Å²) in [4.78, 5) is 31.9. The Hall–Kier alpha value is -2.85. The number of thioether (sulfide) groups is 1. The molecule has 180 valence electrons. The maximum absolute atomic E-state index is 13.1. The zero-order valence-corrected chi connectivity index (χ0v) is 21.9. The van der Waals surface area contributed by atoms with Crippen LogP contribution in [0.1, 0.15) is 16.1 Å². The SMILES string of the molecule is COCCN1C(=O)/C(=C\c2ccc(-c3ccc(Cl)c(C(=O)OC)c3)o2)SC1=Nc1ccccc1Br. The largest absolute Gasteiger partial charge is 0.465 e. The molecule has 1 aliphatic heterocycles. The predicted octanol–water partition coefficient (Wildman–Crippen LogP) is 6.40. The lowest BCUT2D eigenvalue weighted by molar-refractivity contribution is -0.122. The van der Waals surface area contributed by atoms with Crippen molar-refractivity contribution in [1.82, 2.24) is 4.90 Å². The Morgan fingerprint density at radius 1 is 1.20 bits per heavy atom. The normalized spacial score (nSPS) is 15.9. The number of furan rings is 1. The molecule has 0 N–H and O–H groups in total. The van der Waals surface area contributed by atoms with Crippen LogP contribution in [0.25, 0.3) is 17.4 Å². The quantitative estimate of drug-likeness (QED) is 0.240. The summed E-state index contributed by atoms with van der Waals surface area (Å²) in [6.45, 7) is 0.742. The van der Waals surface area contributed by atoms with Gasteiger partial charge in [-0.25, -0.2) is 9.79 Å². The standard InChI is InChI=1S/C25H20BrClN2O5S/c1-32-12-11-29-23(30)22(35-25(29)28-20-6-4-3-5-18(20)26)14-16-8-10-21(34-16)15-7-9-19(27)17(13-15)24(31)33-2/h3-10,13-14H,11-12H2,1-2H3/b22-14+,28-25?. The number of ether oxygens (including phenoxy) is 2. The van der Waals surface area contributed by atoms with Crippen molar-refractivity contribution in [2.24, 2.45) is 4.99 Å². The lowest BCUT2D eigenvalue weighted by Crippen LogP contribution is -2.32. The molecule has 0 spiro atoms. The molecule has 1 saturated heterocycles. The van der Waals surface area contributed by atoms with Crippen molar-refractivity contribution in [3.05, 3.63) is 80.3 Å². The van der Waals surface area contributed by atoms with Gasteiger partial charge in [0, 0.05) is 23.2 Å². The Labute approximate surface area is 219 Å². The summed E-state index contributed by atoms with van der Waals surface area (Å²) in [5, 5.41) is 0.841. The number of methoxy groups -OCH3 is 2. The minimum absolute atomic E-state index is 0.185. The molecule has 2 heterocycles. The number of carbonyl (C=O) groups excluding carboxylic acids is 2. The molecule has 10 heteroatoms. The smallest absolute Gasteiger partial charge is 0.339 e. The van der Waals surface area contributed by atoms with Crippen LogP contribution in [-0.4, -0.2) is 49.3 Å². The van der Waals surface area contributed by atoms with E-state index in [1.807, 2.05) is 24.3 Å². The molecule has 35 heavy (non-hydrogen) atoms. The van der Waals surface area contributed by atoms with Crippen LogP contribution in [0.3, 0.4) is 0 Å². The molecule has 3 aromatic rings. The molecule has 7 nitrogen and oxygen atoms in total. The highest BCUT2D eigenvalue weighted by atomic mass is 79.9. The Morgan fingerprint density at radius 3 is 2.74 bits per heavy atom. The molecule has 0 aliphatic carbocycles. The van der Waals surface area contributed by atoms with Gasteiger partial charge in [0.1, 0.15) is 11.5 Å². The topological polar surface area (TPSA) is 81.3 Å². The third-order valence-electron chi connectivity index (χ3n) is 5.03. The summed E-state index contributed by atoms with van der Waals surface area (Å²) in [5.41, 5.74) is 1.62. The number of para-hydroxylation sites is 1. The van der Waals surface area contributed by atoms with Gasteiger partial charge in [0.05, 0.1) is 41.4 Å². The van der Waals surface area contributed by atoms with Crippen molar-refractivity contribution in [3.63, 3.8) is 0 Å². The number of halogens is 2. The highest BCUT2D eigenvalue weighted by Crippen LogP contribution is 2.36. The van der Waals surface area contributed by atoms with Crippen LogP contribution < -0.4 is 0 Å². The molecule has 1 fully saturated rings. The number of nitrogens with zero attached hydrogens (tertiary/aromatic N) is 2. The van der Waals surface area contributed by atoms with Gasteiger partial charge in [-0.15, -0.1) is 0 Å². The first-order chi connectivity index (χ1) is 16.9. The molecule has 2 aromatic carbocycles. The maximum atomic E-state index is 13.1. The van der Waals surface area contributed by atoms with Crippen molar-refractivity contribution >= 4 is 68.1 Å². The second-order valence-corrected chi connectivity index (χ2v) is 9.56. The van der Waals surface area contributed by atoms with Gasteiger partial charge in [-0.3, -0.25) is 9.69 Å². The lowest BCUT2D eigenvalue weighted by Gasteiger charge is -2.14. The Balaban J connectivity index is 1.63. The molecular weight excluding hydrogens is 556 g/mol. The fourth-order valence-electron chi connectivity index (χ4n) is 3.28. The van der Waals surface area contributed by atoms with Crippen molar-refractivity contribution in [1.29, 1.82) is 0 Å². The third-order valence-corrected chi connectivity index (χ3v) is 7.04. The Kier molecular flexibility index (Phi) is 8.12. The monoisotopic (exact) mass is 574 g/mol. The third kappa shape index (κ3) is 5.70. The Bertz CT molecular complexity index is 1340. The van der Waals surface area contributed by atoms with Gasteiger partial charge in [-0.05, 0) is 70.2 Å². The van der Waals surface area contributed by atoms with E-state index in [1.165, 1.54) is 18.9 Å². The number of amides is 1. The second-order valence-electron chi connectivity index (χ2n) is 7.29. The van der Waals surface area contributed by atoms with E-state index in [0.29, 0.717) is 40.3 Å². The highest BCUT2D eigenvalue weighted by Gasteiger charge is 2.33. The molecule has 0 bridgehead atoms. The summed E-state index contributed by atoms with van der Waals surface area (Å²) in [6, 6.07) is 16.0. The van der Waals surface area contributed by atoms with Crippen LogP contribution in [0.5, 0.6) is 0 Å². The number of aliphatic imine (C=N–C) groups is 1. The molecule has 1 amide bonds. The number of esters is 1. The van der Waals surface area contributed by atoms with Gasteiger partial charge in [0.2, 0.25) is 0 Å². The molecule has 4 rings (SSSR count). The van der Waals surface area contributed by atoms with Crippen LogP contribution in [0.15, 0.2) is 73.4 Å². The average molecular weight is 576 g/mol. The first-order valence-corrected chi connectivity index (χ1v) is 12.4. The van der Waals surface area contributed by atoms with E-state index < -0.39 is 5.97 Å². The van der Waals surface area contributed by atoms with E-state index in [-0.39, 0.29) is 16.5 Å². The predicted molar refractivity (Wildman–Crippen MR) is 141 cm³/mol. The van der Waals surface area contributed by atoms with Gasteiger partial charge < -0.3 is 13.9 Å². The minimum atomic E-state index is -0.535. The van der Waals surface area contributed by atoms with E-state index >= 15 is 0 Å². The van der Waals surface area contributed by atoms with E-state index in [4.69, 9.17) is 25.5 Å². The van der Waals surface area contributed by atoms with Crippen LogP contribution in [0, 0.1) is 0 Å². The van der Waals surface area contributed by atoms with Gasteiger partial charge in [-0.1, -0.05) is 23.7 Å². The summed E-state index contributed by atoms with van der Waals surface area (Å²) in [6.07, 6.45) is 1.68. The summed E-state index contributed by atoms with van der Waals surface area (Å²) in [7, 11) is 2.88. The molecule has 0 atom stereocenters. The molecule has 1 aliphatic rings. The van der Waals surface area contributed by atoms with Crippen LogP contribution in [-0.2, 0) is 14.3 Å².